The summed E-state index contributed by atoms with van der Waals surface area (Å²) in [6, 6.07) is 11.9. The molecule has 0 fully saturated rings. The Kier molecular flexibility index (Phi) is 5.97. The fourth-order valence-electron chi connectivity index (χ4n) is 2.95. The van der Waals surface area contributed by atoms with Gasteiger partial charge in [0.15, 0.2) is 5.13 Å². The highest BCUT2D eigenvalue weighted by Crippen LogP contribution is 2.23. The average molecular weight is 434 g/mol. The Balaban J connectivity index is 1.46. The minimum atomic E-state index is -0.264. The van der Waals surface area contributed by atoms with Crippen LogP contribution in [0.15, 0.2) is 66.6 Å². The molecule has 0 saturated carbocycles. The summed E-state index contributed by atoms with van der Waals surface area (Å²) in [5.41, 5.74) is 5.02. The highest BCUT2D eigenvalue weighted by Gasteiger charge is 2.13. The molecule has 150 valence electrons. The second-order valence-electron chi connectivity index (χ2n) is 6.56. The van der Waals surface area contributed by atoms with Crippen molar-refractivity contribution in [1.29, 1.82) is 0 Å². The first-order valence-corrected chi connectivity index (χ1v) is 10.7. The zero-order valence-corrected chi connectivity index (χ0v) is 17.8. The monoisotopic (exact) mass is 433 g/mol. The van der Waals surface area contributed by atoms with Crippen LogP contribution < -0.4 is 10.6 Å². The minimum Gasteiger partial charge on any atom is -0.357 e. The Morgan fingerprint density at radius 2 is 2.07 bits per heavy atom. The van der Waals surface area contributed by atoms with Crippen molar-refractivity contribution in [3.63, 3.8) is 0 Å². The lowest BCUT2D eigenvalue weighted by molar-refractivity contribution is 0.102. The molecule has 0 saturated heterocycles. The Hall–Kier alpha value is -3.36. The number of carbonyl (C=O) groups is 1. The summed E-state index contributed by atoms with van der Waals surface area (Å²) >= 11 is 6.84. The third kappa shape index (κ3) is 4.61. The van der Waals surface area contributed by atoms with Gasteiger partial charge in [0, 0.05) is 35.1 Å². The molecule has 3 aromatic heterocycles. The number of nitrogens with zero attached hydrogens (tertiary/aromatic N) is 2. The van der Waals surface area contributed by atoms with Gasteiger partial charge in [-0.25, -0.2) is 4.98 Å². The fraction of sp³-hybridized carbons (Fsp3) is 0.0909. The van der Waals surface area contributed by atoms with Crippen LogP contribution in [0, 0.1) is 0 Å². The van der Waals surface area contributed by atoms with Gasteiger partial charge in [0.1, 0.15) is 10.7 Å². The molecule has 6 nitrogen and oxygen atoms in total. The lowest BCUT2D eigenvalue weighted by atomic mass is 10.0. The summed E-state index contributed by atoms with van der Waals surface area (Å²) < 4.78 is 0. The topological polar surface area (TPSA) is 82.7 Å². The number of aromatic amines is 1. The third-order valence-electron chi connectivity index (χ3n) is 4.51. The minimum absolute atomic E-state index is 0.264. The van der Waals surface area contributed by atoms with Crippen molar-refractivity contribution < 1.29 is 4.79 Å². The third-order valence-corrected chi connectivity index (χ3v) is 5.53. The molecular weight excluding hydrogens is 414 g/mol. The van der Waals surface area contributed by atoms with Crippen molar-refractivity contribution in [2.75, 3.05) is 10.6 Å². The molecule has 3 heterocycles. The lowest BCUT2D eigenvalue weighted by Crippen LogP contribution is -2.13. The molecule has 0 bridgehead atoms. The van der Waals surface area contributed by atoms with E-state index in [9.17, 15) is 4.79 Å². The predicted molar refractivity (Wildman–Crippen MR) is 125 cm³/mol. The van der Waals surface area contributed by atoms with Crippen LogP contribution in [0.5, 0.6) is 0 Å². The number of thiazole rings is 1. The first kappa shape index (κ1) is 19.9. The number of anilines is 2. The van der Waals surface area contributed by atoms with Gasteiger partial charge in [0.25, 0.3) is 5.91 Å². The first-order valence-electron chi connectivity index (χ1n) is 9.37. The summed E-state index contributed by atoms with van der Waals surface area (Å²) in [6.45, 7) is 2.12. The summed E-state index contributed by atoms with van der Waals surface area (Å²) in [5, 5.41) is 8.51. The summed E-state index contributed by atoms with van der Waals surface area (Å²) in [5.74, 6) is -0.264. The maximum Gasteiger partial charge on any atom is 0.272 e. The second kappa shape index (κ2) is 8.98. The molecule has 0 unspecified atom stereocenters. The number of H-pyrrole nitrogens is 1. The van der Waals surface area contributed by atoms with E-state index in [1.807, 2.05) is 23.6 Å². The molecule has 4 rings (SSSR count). The number of rotatable bonds is 6. The number of benzene rings is 1. The van der Waals surface area contributed by atoms with E-state index >= 15 is 0 Å². The number of thiocarbonyl (C=S) groups is 1. The Labute approximate surface area is 183 Å². The number of amides is 1. The first-order chi connectivity index (χ1) is 14.6. The number of aromatic nitrogens is 3. The number of aryl methyl sites for hydroxylation is 1. The van der Waals surface area contributed by atoms with Gasteiger partial charge in [-0.3, -0.25) is 9.78 Å². The molecule has 4 aromatic rings. The van der Waals surface area contributed by atoms with Gasteiger partial charge >= 0.3 is 0 Å². The van der Waals surface area contributed by atoms with Gasteiger partial charge in [-0.05, 0) is 29.7 Å². The standard InChI is InChI=1S/C22H19N5OS2/c1-2-14-4-3-5-15(8-14)16-9-18(13-23-11-16)26-20(28)19-10-17(12-25-19)21(29)27-22-24-6-7-30-22/h3-13,25H,2H2,1H3,(H,26,28)(H,24,27,29). The number of nitrogens with one attached hydrogen (secondary N) is 3. The van der Waals surface area contributed by atoms with E-state index in [1.54, 1.807) is 30.9 Å². The van der Waals surface area contributed by atoms with Crippen molar-refractivity contribution in [3.8, 4) is 11.1 Å². The SMILES string of the molecule is CCc1cccc(-c2cncc(NC(=O)c3cc(C(=S)Nc4nccs4)c[nH]3)c2)c1. The molecule has 0 aliphatic carbocycles. The van der Waals surface area contributed by atoms with Crippen molar-refractivity contribution in [3.05, 3.63) is 83.4 Å². The quantitative estimate of drug-likeness (QED) is 0.367. The predicted octanol–water partition coefficient (Wildman–Crippen LogP) is 5.14. The number of hydrogen-bond acceptors (Lipinski definition) is 5. The fourth-order valence-corrected chi connectivity index (χ4v) is 3.76. The summed E-state index contributed by atoms with van der Waals surface area (Å²) in [7, 11) is 0. The van der Waals surface area contributed by atoms with E-state index in [1.165, 1.54) is 16.9 Å². The maximum absolute atomic E-state index is 12.7. The summed E-state index contributed by atoms with van der Waals surface area (Å²) in [4.78, 5) is 24.6. The van der Waals surface area contributed by atoms with E-state index in [2.05, 4.69) is 44.6 Å². The van der Waals surface area contributed by atoms with Gasteiger partial charge in [0.2, 0.25) is 0 Å². The Morgan fingerprint density at radius 3 is 2.87 bits per heavy atom. The molecule has 0 aliphatic rings. The maximum atomic E-state index is 12.7. The number of carbonyl (C=O) groups excluding carboxylic acids is 1. The van der Waals surface area contributed by atoms with E-state index in [0.717, 1.165) is 17.5 Å². The largest absolute Gasteiger partial charge is 0.357 e. The molecular formula is C22H19N5OS2. The van der Waals surface area contributed by atoms with Crippen molar-refractivity contribution in [1.82, 2.24) is 15.0 Å². The van der Waals surface area contributed by atoms with Gasteiger partial charge < -0.3 is 15.6 Å². The number of pyridine rings is 1. The highest BCUT2D eigenvalue weighted by atomic mass is 32.1. The molecule has 8 heteroatoms. The molecule has 1 aromatic carbocycles. The lowest BCUT2D eigenvalue weighted by Gasteiger charge is -2.07. The average Bonchev–Trinajstić information content (AvgIpc) is 3.46. The second-order valence-corrected chi connectivity index (χ2v) is 7.87. The van der Waals surface area contributed by atoms with Crippen LogP contribution >= 0.6 is 23.6 Å². The molecule has 0 spiro atoms. The Morgan fingerprint density at radius 1 is 1.17 bits per heavy atom. The van der Waals surface area contributed by atoms with Crippen LogP contribution in [0.1, 0.15) is 28.5 Å². The normalized spacial score (nSPS) is 10.6. The molecule has 30 heavy (non-hydrogen) atoms. The zero-order chi connectivity index (χ0) is 20.9. The van der Waals surface area contributed by atoms with Crippen LogP contribution in [0.2, 0.25) is 0 Å². The van der Waals surface area contributed by atoms with Crippen molar-refractivity contribution >= 4 is 45.3 Å². The molecule has 3 N–H and O–H groups in total. The summed E-state index contributed by atoms with van der Waals surface area (Å²) in [6.07, 6.45) is 7.78. The zero-order valence-electron chi connectivity index (χ0n) is 16.2. The molecule has 1 amide bonds. The smallest absolute Gasteiger partial charge is 0.272 e. The van der Waals surface area contributed by atoms with Gasteiger partial charge in [0.05, 0.1) is 11.9 Å². The molecule has 0 atom stereocenters. The van der Waals surface area contributed by atoms with Crippen LogP contribution in [0.4, 0.5) is 10.8 Å². The Bertz CT molecular complexity index is 1180. The highest BCUT2D eigenvalue weighted by molar-refractivity contribution is 7.81. The van der Waals surface area contributed by atoms with Crippen LogP contribution in [0.25, 0.3) is 11.1 Å². The van der Waals surface area contributed by atoms with Gasteiger partial charge in [-0.2, -0.15) is 0 Å². The van der Waals surface area contributed by atoms with E-state index in [4.69, 9.17) is 12.2 Å². The van der Waals surface area contributed by atoms with Crippen LogP contribution in [-0.2, 0) is 6.42 Å². The number of hydrogen-bond donors (Lipinski definition) is 3. The molecule has 0 aliphatic heterocycles. The van der Waals surface area contributed by atoms with Crippen molar-refractivity contribution in [2.45, 2.75) is 13.3 Å². The van der Waals surface area contributed by atoms with Crippen molar-refractivity contribution in [2.24, 2.45) is 0 Å². The van der Waals surface area contributed by atoms with E-state index in [0.29, 0.717) is 27.1 Å². The van der Waals surface area contributed by atoms with Crippen LogP contribution in [-0.4, -0.2) is 25.8 Å². The van der Waals surface area contributed by atoms with Gasteiger partial charge in [-0.15, -0.1) is 11.3 Å². The van der Waals surface area contributed by atoms with E-state index in [-0.39, 0.29) is 5.91 Å². The van der Waals surface area contributed by atoms with E-state index < -0.39 is 0 Å². The van der Waals surface area contributed by atoms with Crippen LogP contribution in [0.3, 0.4) is 0 Å². The molecule has 0 radical (unpaired) electrons. The van der Waals surface area contributed by atoms with Gasteiger partial charge in [-0.1, -0.05) is 43.4 Å².